The van der Waals surface area contributed by atoms with Crippen LogP contribution < -0.4 is 0 Å². The molecule has 3 aliphatic carbocycles. The van der Waals surface area contributed by atoms with Crippen LogP contribution in [0.25, 0.3) is 64.5 Å². The maximum absolute atomic E-state index is 5.80. The summed E-state index contributed by atoms with van der Waals surface area (Å²) in [4.78, 5) is 6.19. The summed E-state index contributed by atoms with van der Waals surface area (Å²) in [5.74, 6) is 0. The zero-order valence-electron chi connectivity index (χ0n) is 90.0. The van der Waals surface area contributed by atoms with E-state index in [0.29, 0.717) is 0 Å². The fourth-order valence-electron chi connectivity index (χ4n) is 25.6. The number of rotatable bonds is 91. The Balaban J connectivity index is 1.02. The molecule has 0 saturated carbocycles. The monoisotopic (exact) mass is 1920 g/mol. The number of aryl methyl sites for hydroxylation is 2. The minimum Gasteiger partial charge on any atom is -0.173 e. The predicted octanol–water partition coefficient (Wildman–Crippen LogP) is 46.1. The maximum atomic E-state index is 5.80. The lowest BCUT2D eigenvalue weighted by atomic mass is 9.68. The van der Waals surface area contributed by atoms with Gasteiger partial charge in [-0.25, -0.2) is 0 Å². The van der Waals surface area contributed by atoms with E-state index in [0.717, 1.165) is 5.52 Å². The van der Waals surface area contributed by atoms with Crippen LogP contribution >= 0.6 is 46.1 Å². The van der Waals surface area contributed by atoms with Crippen LogP contribution in [0.15, 0.2) is 36.4 Å². The van der Waals surface area contributed by atoms with Gasteiger partial charge in [0.2, 0.25) is 0 Å². The third-order valence-corrected chi connectivity index (χ3v) is 37.3. The first-order valence-electron chi connectivity index (χ1n) is 60.8. The molecule has 7 aromatic rings. The standard InChI is InChI=1S/C127H210N4S4/c1-9-15-21-27-33-39-45-51-57-63-69-75-81-87-93-125(94-88-82-76-70-64-58-52-46-40-34-28-22-16-10-2)110-102-108-111(101-107(110)117-112(125)99-105(7)119-121(117)130-134-128-119)126(95-89-83-77-71-65-59-53-47-41-35-29-23-17-11-3,96-90-84-78-72-66-60-54-48-42-36-30-24-18-12-4)113-103-109(120-122(118(108)113)131-135-129-120)116-104-115-124(133-116)123-114(100-106(8)132-123)127(115,97-91-85-79-73-67-61-55-49-43-37-31-25-19-13-5)98-92-86-80-74-68-62-56-50-44-38-32-26-20-14-6/h99-104H,9-98H2,1-8H3. The summed E-state index contributed by atoms with van der Waals surface area (Å²) in [6.07, 6.45) is 125. The Morgan fingerprint density at radius 3 is 0.652 bits per heavy atom. The zero-order valence-corrected chi connectivity index (χ0v) is 93.3. The van der Waals surface area contributed by atoms with E-state index in [-0.39, 0.29) is 16.2 Å². The van der Waals surface area contributed by atoms with Crippen LogP contribution in [-0.2, 0) is 16.2 Å². The van der Waals surface area contributed by atoms with Gasteiger partial charge < -0.3 is 0 Å². The van der Waals surface area contributed by atoms with Crippen LogP contribution in [0.2, 0.25) is 0 Å². The van der Waals surface area contributed by atoms with Crippen LogP contribution in [0.1, 0.15) is 663 Å². The number of hydrogen-bond donors (Lipinski definition) is 0. The van der Waals surface area contributed by atoms with Crippen LogP contribution in [0.3, 0.4) is 0 Å². The van der Waals surface area contributed by atoms with Crippen LogP contribution in [-0.4, -0.2) is 17.5 Å². The maximum Gasteiger partial charge on any atom is 0.114 e. The summed E-state index contributed by atoms with van der Waals surface area (Å²) >= 11 is 7.29. The van der Waals surface area contributed by atoms with Gasteiger partial charge in [0.05, 0.1) is 23.5 Å². The van der Waals surface area contributed by atoms with E-state index in [2.05, 4.69) is 114 Å². The van der Waals surface area contributed by atoms with E-state index in [1.807, 2.05) is 0 Å². The Bertz CT molecular complexity index is 4080. The molecule has 0 spiro atoms. The summed E-state index contributed by atoms with van der Waals surface area (Å²) in [6, 6.07) is 17.0. The van der Waals surface area contributed by atoms with Gasteiger partial charge in [-0.15, -0.1) is 22.7 Å². The first-order valence-corrected chi connectivity index (χ1v) is 63.9. The molecule has 3 aliphatic rings. The lowest BCUT2D eigenvalue weighted by Crippen LogP contribution is -2.27. The lowest BCUT2D eigenvalue weighted by Gasteiger charge is -2.35. The number of nitrogens with zero attached hydrogens (tertiary/aromatic N) is 4. The van der Waals surface area contributed by atoms with Crippen molar-refractivity contribution in [3.05, 3.63) is 80.2 Å². The molecule has 10 rings (SSSR count). The fourth-order valence-corrected chi connectivity index (χ4v) is 29.3. The van der Waals surface area contributed by atoms with Gasteiger partial charge >= 0.3 is 0 Å². The molecule has 0 N–H and O–H groups in total. The molecule has 0 aliphatic heterocycles. The normalized spacial score (nSPS) is 13.8. The second-order valence-corrected chi connectivity index (χ2v) is 48.5. The number of benzene rings is 3. The number of unbranched alkanes of at least 4 members (excludes halogenated alkanes) is 78. The second kappa shape index (κ2) is 68.9. The summed E-state index contributed by atoms with van der Waals surface area (Å²) in [6.45, 7) is 18.9. The SMILES string of the molecule is CCCCCCCCCCCCCCCCC1(CCCCCCCCCCCCCCCC)c2cc(C)sc2-c2sc(-c3cc4c(c5nsnc35)-c3cc5c(cc3C4(CCCCCCCCCCCCCCCC)CCCCCCCCCCCCCCCC)-c3c(cc(C)c4nsnc34)C5(CCCCCCCCCCCCCCCC)CCCCCCCCCCCCCCCC)cc21. The second-order valence-electron chi connectivity index (χ2n) is 45.1. The largest absolute Gasteiger partial charge is 0.173 e. The minimum absolute atomic E-state index is 0.0514. The van der Waals surface area contributed by atoms with Crippen molar-refractivity contribution in [3.8, 4) is 42.4 Å². The van der Waals surface area contributed by atoms with E-state index in [1.165, 1.54) is 661 Å². The Morgan fingerprint density at radius 1 is 0.185 bits per heavy atom. The van der Waals surface area contributed by atoms with Crippen molar-refractivity contribution < 1.29 is 0 Å². The van der Waals surface area contributed by atoms with Crippen molar-refractivity contribution in [1.29, 1.82) is 0 Å². The number of aromatic nitrogens is 4. The molecule has 0 amide bonds. The number of thiophene rings is 2. The third-order valence-electron chi connectivity index (χ3n) is 33.9. The van der Waals surface area contributed by atoms with Crippen LogP contribution in [0, 0.1) is 13.8 Å². The third kappa shape index (κ3) is 36.8. The van der Waals surface area contributed by atoms with E-state index < -0.39 is 0 Å². The van der Waals surface area contributed by atoms with Gasteiger partial charge in [0, 0.05) is 52.4 Å². The van der Waals surface area contributed by atoms with E-state index >= 15 is 0 Å². The molecular formula is C127H210N4S4. The zero-order chi connectivity index (χ0) is 94.6. The van der Waals surface area contributed by atoms with Crippen molar-refractivity contribution in [2.45, 2.75) is 650 Å². The molecule has 0 fully saturated rings. The van der Waals surface area contributed by atoms with Gasteiger partial charge in [-0.1, -0.05) is 587 Å². The van der Waals surface area contributed by atoms with Crippen LogP contribution in [0.4, 0.5) is 0 Å². The fraction of sp³-hybridized carbons (Fsp3) is 0.795. The average molecular weight is 1920 g/mol. The molecule has 4 nitrogen and oxygen atoms in total. The minimum atomic E-state index is -0.164. The molecule has 0 bridgehead atoms. The quantitative estimate of drug-likeness (QED) is 0.0357. The van der Waals surface area contributed by atoms with E-state index in [1.54, 1.807) is 43.1 Å². The molecule has 4 heterocycles. The molecule has 0 atom stereocenters. The van der Waals surface area contributed by atoms with Crippen molar-refractivity contribution in [1.82, 2.24) is 17.5 Å². The predicted molar refractivity (Wildman–Crippen MR) is 607 cm³/mol. The molecular weight excluding hydrogens is 1710 g/mol. The number of fused-ring (bicyclic) bond motifs is 13. The Labute approximate surface area is 851 Å². The highest BCUT2D eigenvalue weighted by Crippen LogP contribution is 2.66. The van der Waals surface area contributed by atoms with Gasteiger partial charge in [0.15, 0.2) is 0 Å². The summed E-state index contributed by atoms with van der Waals surface area (Å²) in [5.41, 5.74) is 23.1. The highest BCUT2D eigenvalue weighted by molar-refractivity contribution is 7.24. The molecule has 0 saturated heterocycles. The van der Waals surface area contributed by atoms with Gasteiger partial charge in [-0.3, -0.25) is 0 Å². The number of hydrogen-bond acceptors (Lipinski definition) is 8. The molecule has 8 heteroatoms. The van der Waals surface area contributed by atoms with E-state index in [4.69, 9.17) is 17.5 Å². The Morgan fingerprint density at radius 2 is 0.385 bits per heavy atom. The Hall–Kier alpha value is -3.30. The molecule has 4 aromatic heterocycles. The average Bonchev–Trinajstić information content (AvgIpc) is 1.51. The van der Waals surface area contributed by atoms with Gasteiger partial charge in [0.1, 0.15) is 22.1 Å². The van der Waals surface area contributed by atoms with Gasteiger partial charge in [-0.05, 0) is 133 Å². The van der Waals surface area contributed by atoms with Gasteiger partial charge in [0.25, 0.3) is 0 Å². The summed E-state index contributed by atoms with van der Waals surface area (Å²) in [5, 5.41) is 0. The Kier molecular flexibility index (Phi) is 58.0. The van der Waals surface area contributed by atoms with Crippen LogP contribution in [0.5, 0.6) is 0 Å². The molecule has 0 unspecified atom stereocenters. The first kappa shape index (κ1) is 114. The highest BCUT2D eigenvalue weighted by atomic mass is 32.1. The summed E-state index contributed by atoms with van der Waals surface area (Å²) in [7, 11) is 0. The molecule has 3 aromatic carbocycles. The molecule has 135 heavy (non-hydrogen) atoms. The topological polar surface area (TPSA) is 51.6 Å². The van der Waals surface area contributed by atoms with Crippen molar-refractivity contribution in [2.75, 3.05) is 0 Å². The van der Waals surface area contributed by atoms with Crippen molar-refractivity contribution >= 4 is 68.2 Å². The van der Waals surface area contributed by atoms with Crippen molar-refractivity contribution in [3.63, 3.8) is 0 Å². The molecule has 762 valence electrons. The first-order chi connectivity index (χ1) is 66.7. The highest BCUT2D eigenvalue weighted by Gasteiger charge is 2.51. The van der Waals surface area contributed by atoms with E-state index in [9.17, 15) is 0 Å². The lowest BCUT2D eigenvalue weighted by molar-refractivity contribution is 0.393. The molecule has 0 radical (unpaired) electrons. The smallest absolute Gasteiger partial charge is 0.114 e. The van der Waals surface area contributed by atoms with Crippen molar-refractivity contribution in [2.24, 2.45) is 0 Å². The van der Waals surface area contributed by atoms with Gasteiger partial charge in [-0.2, -0.15) is 17.5 Å². The summed E-state index contributed by atoms with van der Waals surface area (Å²) < 4.78 is 22.2.